The van der Waals surface area contributed by atoms with E-state index in [1.165, 1.54) is 33.5 Å². The maximum atomic E-state index is 12.5. The SMILES string of the molecule is C=CCn1c(SCC(=O)Nc2sccc2C#N)nnc1-c1csc(C)c1-c1ccc(C)cc1. The van der Waals surface area contributed by atoms with Gasteiger partial charge in [0, 0.05) is 27.9 Å². The number of amides is 1. The molecule has 0 atom stereocenters. The Morgan fingerprint density at radius 3 is 2.76 bits per heavy atom. The first-order valence-corrected chi connectivity index (χ1v) is 12.9. The number of nitriles is 1. The fourth-order valence-electron chi connectivity index (χ4n) is 3.37. The highest BCUT2D eigenvalue weighted by Gasteiger charge is 2.21. The van der Waals surface area contributed by atoms with E-state index >= 15 is 0 Å². The zero-order chi connectivity index (χ0) is 23.4. The molecule has 6 nitrogen and oxygen atoms in total. The number of carbonyl (C=O) groups is 1. The molecule has 3 heterocycles. The lowest BCUT2D eigenvalue weighted by molar-refractivity contribution is -0.113. The van der Waals surface area contributed by atoms with Crippen molar-refractivity contribution in [2.45, 2.75) is 25.5 Å². The van der Waals surface area contributed by atoms with Crippen molar-refractivity contribution in [2.24, 2.45) is 0 Å². The van der Waals surface area contributed by atoms with Gasteiger partial charge in [0.05, 0.1) is 11.3 Å². The number of nitrogens with zero attached hydrogens (tertiary/aromatic N) is 4. The molecule has 0 aliphatic rings. The number of thioether (sulfide) groups is 1. The number of allylic oxidation sites excluding steroid dienone is 1. The highest BCUT2D eigenvalue weighted by atomic mass is 32.2. The maximum absolute atomic E-state index is 12.5. The minimum absolute atomic E-state index is 0.158. The van der Waals surface area contributed by atoms with Gasteiger partial charge in [0.15, 0.2) is 11.0 Å². The van der Waals surface area contributed by atoms with Crippen LogP contribution in [-0.4, -0.2) is 26.4 Å². The molecular formula is C24H21N5OS3. The average molecular weight is 492 g/mol. The molecule has 33 heavy (non-hydrogen) atoms. The third kappa shape index (κ3) is 4.93. The molecule has 0 spiro atoms. The van der Waals surface area contributed by atoms with Gasteiger partial charge in [-0.15, -0.1) is 39.4 Å². The third-order valence-electron chi connectivity index (χ3n) is 4.96. The highest BCUT2D eigenvalue weighted by molar-refractivity contribution is 7.99. The minimum atomic E-state index is -0.194. The number of benzene rings is 1. The number of carbonyl (C=O) groups excluding carboxylic acids is 1. The number of hydrogen-bond donors (Lipinski definition) is 1. The molecule has 0 aliphatic carbocycles. The Hall–Kier alpha value is -3.19. The Morgan fingerprint density at radius 2 is 2.03 bits per heavy atom. The van der Waals surface area contributed by atoms with Crippen LogP contribution in [0.25, 0.3) is 22.5 Å². The van der Waals surface area contributed by atoms with Crippen LogP contribution in [0, 0.1) is 25.2 Å². The van der Waals surface area contributed by atoms with Crippen LogP contribution in [0.2, 0.25) is 0 Å². The van der Waals surface area contributed by atoms with Crippen LogP contribution in [0.3, 0.4) is 0 Å². The van der Waals surface area contributed by atoms with Gasteiger partial charge in [0.2, 0.25) is 5.91 Å². The van der Waals surface area contributed by atoms with Crippen molar-refractivity contribution in [3.05, 3.63) is 69.8 Å². The molecule has 166 valence electrons. The molecule has 0 fully saturated rings. The summed E-state index contributed by atoms with van der Waals surface area (Å²) in [5.74, 6) is 0.717. The second kappa shape index (κ2) is 10.2. The van der Waals surface area contributed by atoms with Crippen molar-refractivity contribution in [1.29, 1.82) is 5.26 Å². The molecule has 4 rings (SSSR count). The molecule has 9 heteroatoms. The molecule has 0 aliphatic heterocycles. The fourth-order valence-corrected chi connectivity index (χ4v) is 5.74. The molecule has 0 saturated heterocycles. The minimum Gasteiger partial charge on any atom is -0.316 e. The Labute approximate surface area is 204 Å². The van der Waals surface area contributed by atoms with Crippen LogP contribution in [-0.2, 0) is 11.3 Å². The normalized spacial score (nSPS) is 10.7. The number of hydrogen-bond acceptors (Lipinski definition) is 7. The zero-order valence-corrected chi connectivity index (χ0v) is 20.6. The topological polar surface area (TPSA) is 83.6 Å². The van der Waals surface area contributed by atoms with Crippen LogP contribution in [0.5, 0.6) is 0 Å². The first-order valence-electron chi connectivity index (χ1n) is 10.1. The van der Waals surface area contributed by atoms with Gasteiger partial charge in [-0.1, -0.05) is 47.7 Å². The van der Waals surface area contributed by atoms with Gasteiger partial charge in [-0.05, 0) is 30.9 Å². The summed E-state index contributed by atoms with van der Waals surface area (Å²) in [7, 11) is 0. The summed E-state index contributed by atoms with van der Waals surface area (Å²) in [5, 5.41) is 25.9. The lowest BCUT2D eigenvalue weighted by Gasteiger charge is -2.10. The molecule has 0 bridgehead atoms. The van der Waals surface area contributed by atoms with Gasteiger partial charge in [-0.3, -0.25) is 9.36 Å². The predicted molar refractivity (Wildman–Crippen MR) is 137 cm³/mol. The van der Waals surface area contributed by atoms with Crippen LogP contribution >= 0.6 is 34.4 Å². The van der Waals surface area contributed by atoms with E-state index in [9.17, 15) is 4.79 Å². The molecule has 3 aromatic heterocycles. The lowest BCUT2D eigenvalue weighted by Crippen LogP contribution is -2.14. The van der Waals surface area contributed by atoms with Crippen LogP contribution in [0.1, 0.15) is 16.0 Å². The van der Waals surface area contributed by atoms with E-state index in [-0.39, 0.29) is 11.7 Å². The quantitative estimate of drug-likeness (QED) is 0.236. The summed E-state index contributed by atoms with van der Waals surface area (Å²) in [5.41, 5.74) is 4.98. The van der Waals surface area contributed by atoms with E-state index in [1.807, 2.05) is 4.57 Å². The van der Waals surface area contributed by atoms with Crippen LogP contribution in [0.15, 0.2) is 58.9 Å². The number of aromatic nitrogens is 3. The highest BCUT2D eigenvalue weighted by Crippen LogP contribution is 2.39. The smallest absolute Gasteiger partial charge is 0.235 e. The summed E-state index contributed by atoms with van der Waals surface area (Å²) in [6, 6.07) is 12.2. The van der Waals surface area contributed by atoms with Gasteiger partial charge in [0.1, 0.15) is 11.1 Å². The zero-order valence-electron chi connectivity index (χ0n) is 18.2. The van der Waals surface area contributed by atoms with E-state index in [0.717, 1.165) is 22.5 Å². The van der Waals surface area contributed by atoms with Crippen LogP contribution in [0.4, 0.5) is 5.00 Å². The number of rotatable bonds is 8. The molecule has 0 saturated carbocycles. The molecule has 1 N–H and O–H groups in total. The van der Waals surface area contributed by atoms with E-state index in [0.29, 0.717) is 22.3 Å². The molecule has 0 unspecified atom stereocenters. The van der Waals surface area contributed by atoms with Crippen molar-refractivity contribution in [3.8, 4) is 28.6 Å². The number of anilines is 1. The van der Waals surface area contributed by atoms with Gasteiger partial charge in [-0.2, -0.15) is 5.26 Å². The first-order chi connectivity index (χ1) is 16.0. The van der Waals surface area contributed by atoms with Crippen molar-refractivity contribution in [3.63, 3.8) is 0 Å². The average Bonchev–Trinajstić information content (AvgIpc) is 3.52. The Balaban J connectivity index is 1.59. The van der Waals surface area contributed by atoms with Crippen molar-refractivity contribution >= 4 is 45.3 Å². The van der Waals surface area contributed by atoms with E-state index in [2.05, 4.69) is 71.7 Å². The summed E-state index contributed by atoms with van der Waals surface area (Å²) in [6.45, 7) is 8.59. The fraction of sp³-hybridized carbons (Fsp3) is 0.167. The number of aryl methyl sites for hydroxylation is 2. The lowest BCUT2D eigenvalue weighted by atomic mass is 10.0. The Morgan fingerprint density at radius 1 is 1.24 bits per heavy atom. The van der Waals surface area contributed by atoms with Crippen molar-refractivity contribution < 1.29 is 4.79 Å². The van der Waals surface area contributed by atoms with Crippen molar-refractivity contribution in [1.82, 2.24) is 14.8 Å². The summed E-state index contributed by atoms with van der Waals surface area (Å²) in [4.78, 5) is 13.7. The van der Waals surface area contributed by atoms with E-state index < -0.39 is 0 Å². The van der Waals surface area contributed by atoms with Crippen LogP contribution < -0.4 is 5.32 Å². The van der Waals surface area contributed by atoms with E-state index in [4.69, 9.17) is 5.26 Å². The largest absolute Gasteiger partial charge is 0.316 e. The molecule has 1 aromatic carbocycles. The predicted octanol–water partition coefficient (Wildman–Crippen LogP) is 6.14. The summed E-state index contributed by atoms with van der Waals surface area (Å²) in [6.07, 6.45) is 1.80. The first kappa shape index (κ1) is 23.0. The molecular weight excluding hydrogens is 470 g/mol. The maximum Gasteiger partial charge on any atom is 0.235 e. The molecule has 0 radical (unpaired) electrons. The van der Waals surface area contributed by atoms with Crippen molar-refractivity contribution in [2.75, 3.05) is 11.1 Å². The van der Waals surface area contributed by atoms with Gasteiger partial charge in [0.25, 0.3) is 0 Å². The Kier molecular flexibility index (Phi) is 7.08. The number of thiophene rings is 2. The second-order valence-electron chi connectivity index (χ2n) is 7.26. The Bertz CT molecular complexity index is 1340. The summed E-state index contributed by atoms with van der Waals surface area (Å²) < 4.78 is 1.98. The molecule has 4 aromatic rings. The second-order valence-corrected chi connectivity index (χ2v) is 10.2. The van der Waals surface area contributed by atoms with Gasteiger partial charge >= 0.3 is 0 Å². The van der Waals surface area contributed by atoms with E-state index in [1.54, 1.807) is 28.9 Å². The summed E-state index contributed by atoms with van der Waals surface area (Å²) >= 11 is 4.32. The third-order valence-corrected chi connectivity index (χ3v) is 7.66. The molecule has 1 amide bonds. The van der Waals surface area contributed by atoms with Gasteiger partial charge in [-0.25, -0.2) is 0 Å². The monoisotopic (exact) mass is 491 g/mol. The standard InChI is InChI=1S/C24H21N5OS3/c1-4-10-29-22(19-13-32-16(3)21(19)17-7-5-15(2)6-8-17)27-28-24(29)33-14-20(30)26-23-18(12-25)9-11-31-23/h4-9,11,13H,1,10,14H2,2-3H3,(H,26,30). The number of nitrogens with one attached hydrogen (secondary N) is 1. The van der Waals surface area contributed by atoms with Gasteiger partial charge < -0.3 is 5.32 Å².